The summed E-state index contributed by atoms with van der Waals surface area (Å²) in [6.45, 7) is 2.21. The minimum Gasteiger partial charge on any atom is -0.404 e. The van der Waals surface area contributed by atoms with Gasteiger partial charge in [-0.2, -0.15) is 0 Å². The molecule has 0 aromatic heterocycles. The van der Waals surface area contributed by atoms with Gasteiger partial charge in [0.05, 0.1) is 12.7 Å². The average Bonchev–Trinajstić information content (AvgIpc) is 2.34. The Hall–Kier alpha value is -0.910. The lowest BCUT2D eigenvalue weighted by Gasteiger charge is -2.17. The van der Waals surface area contributed by atoms with Crippen LogP contribution in [0.1, 0.15) is 13.3 Å². The van der Waals surface area contributed by atoms with E-state index in [1.807, 2.05) is 6.92 Å². The van der Waals surface area contributed by atoms with Gasteiger partial charge in [-0.15, -0.1) is 0 Å². The molecule has 0 aromatic rings. The third kappa shape index (κ3) is 5.81. The summed E-state index contributed by atoms with van der Waals surface area (Å²) in [5.74, 6) is -0.0750. The zero-order valence-corrected chi connectivity index (χ0v) is 10.7. The summed E-state index contributed by atoms with van der Waals surface area (Å²) in [5.41, 5.74) is 5.67. The third-order valence-electron chi connectivity index (χ3n) is 2.58. The number of ether oxygens (including phenoxy) is 1. The zero-order valence-electron chi connectivity index (χ0n) is 10.7. The van der Waals surface area contributed by atoms with Gasteiger partial charge in [0.2, 0.25) is 0 Å². The van der Waals surface area contributed by atoms with Crippen molar-refractivity contribution in [3.63, 3.8) is 0 Å². The number of aliphatic hydroxyl groups is 1. The SMILES string of the molecule is CCC(/C=C\C(=C\N)C(F)NC)C(O)COC. The molecule has 0 radical (unpaired) electrons. The largest absolute Gasteiger partial charge is 0.404 e. The Morgan fingerprint density at radius 2 is 2.24 bits per heavy atom. The van der Waals surface area contributed by atoms with Crippen molar-refractivity contribution >= 4 is 0 Å². The third-order valence-corrected chi connectivity index (χ3v) is 2.58. The van der Waals surface area contributed by atoms with Crippen molar-refractivity contribution in [2.24, 2.45) is 11.7 Å². The van der Waals surface area contributed by atoms with E-state index in [4.69, 9.17) is 10.5 Å². The minimum atomic E-state index is -1.30. The predicted octanol–water partition coefficient (Wildman–Crippen LogP) is 0.934. The lowest BCUT2D eigenvalue weighted by atomic mass is 9.98. The highest BCUT2D eigenvalue weighted by Crippen LogP contribution is 2.14. The second kappa shape index (κ2) is 9.15. The highest BCUT2D eigenvalue weighted by molar-refractivity contribution is 5.22. The summed E-state index contributed by atoms with van der Waals surface area (Å²) in [5, 5.41) is 12.2. The van der Waals surface area contributed by atoms with Crippen LogP contribution in [0.3, 0.4) is 0 Å². The standard InChI is InChI=1S/C12H23FN2O2/c1-4-9(11(16)8-17-3)5-6-10(7-14)12(13)15-2/h5-7,9,11-12,15-16H,4,8,14H2,1-3H3/b6-5-,10-7-. The highest BCUT2D eigenvalue weighted by atomic mass is 19.1. The predicted molar refractivity (Wildman–Crippen MR) is 67.0 cm³/mol. The number of rotatable bonds is 8. The Labute approximate surface area is 102 Å². The summed E-state index contributed by atoms with van der Waals surface area (Å²) < 4.78 is 18.2. The van der Waals surface area contributed by atoms with Crippen molar-refractivity contribution < 1.29 is 14.2 Å². The highest BCUT2D eigenvalue weighted by Gasteiger charge is 2.15. The van der Waals surface area contributed by atoms with Gasteiger partial charge in [-0.05, 0) is 13.5 Å². The van der Waals surface area contributed by atoms with Crippen LogP contribution in [-0.4, -0.2) is 38.3 Å². The van der Waals surface area contributed by atoms with E-state index in [1.165, 1.54) is 20.4 Å². The first-order valence-corrected chi connectivity index (χ1v) is 5.68. The normalized spacial score (nSPS) is 18.3. The van der Waals surface area contributed by atoms with Gasteiger partial charge in [0.15, 0.2) is 6.30 Å². The Bertz CT molecular complexity index is 257. The van der Waals surface area contributed by atoms with E-state index in [0.717, 1.165) is 6.42 Å². The quantitative estimate of drug-likeness (QED) is 0.440. The summed E-state index contributed by atoms with van der Waals surface area (Å²) in [7, 11) is 3.04. The Morgan fingerprint density at radius 1 is 1.59 bits per heavy atom. The lowest BCUT2D eigenvalue weighted by Crippen LogP contribution is -2.24. The molecule has 4 N–H and O–H groups in total. The van der Waals surface area contributed by atoms with Crippen molar-refractivity contribution in [2.75, 3.05) is 20.8 Å². The molecular formula is C12H23FN2O2. The molecule has 3 atom stereocenters. The Kier molecular flexibility index (Phi) is 8.66. The molecule has 0 spiro atoms. The van der Waals surface area contributed by atoms with Crippen LogP contribution in [0, 0.1) is 5.92 Å². The number of nitrogens with one attached hydrogen (secondary N) is 1. The summed E-state index contributed by atoms with van der Waals surface area (Å²) in [6, 6.07) is 0. The first kappa shape index (κ1) is 16.1. The van der Waals surface area contributed by atoms with Gasteiger partial charge < -0.3 is 15.6 Å². The molecule has 0 heterocycles. The molecule has 0 fully saturated rings. The fourth-order valence-electron chi connectivity index (χ4n) is 1.46. The maximum Gasteiger partial charge on any atom is 0.178 e. The smallest absolute Gasteiger partial charge is 0.178 e. The summed E-state index contributed by atoms with van der Waals surface area (Å²) in [6.07, 6.45) is 3.42. The van der Waals surface area contributed by atoms with Crippen molar-refractivity contribution in [1.82, 2.24) is 5.32 Å². The zero-order chi connectivity index (χ0) is 13.3. The number of likely N-dealkylation sites (N-methyl/N-ethyl adjacent to an activating group) is 1. The lowest BCUT2D eigenvalue weighted by molar-refractivity contribution is 0.0374. The number of halogens is 1. The maximum absolute atomic E-state index is 13.3. The van der Waals surface area contributed by atoms with Crippen molar-refractivity contribution in [2.45, 2.75) is 25.7 Å². The molecule has 0 aliphatic rings. The fraction of sp³-hybridized carbons (Fsp3) is 0.667. The molecule has 0 bridgehead atoms. The molecule has 0 aliphatic heterocycles. The molecule has 0 aliphatic carbocycles. The van der Waals surface area contributed by atoms with E-state index >= 15 is 0 Å². The summed E-state index contributed by atoms with van der Waals surface area (Å²) in [4.78, 5) is 0. The molecule has 0 saturated heterocycles. The van der Waals surface area contributed by atoms with Gasteiger partial charge in [0, 0.05) is 24.8 Å². The number of nitrogens with two attached hydrogens (primary N) is 1. The van der Waals surface area contributed by atoms with Gasteiger partial charge in [-0.25, -0.2) is 4.39 Å². The first-order valence-electron chi connectivity index (χ1n) is 5.68. The Balaban J connectivity index is 4.54. The van der Waals surface area contributed by atoms with Gasteiger partial charge in [-0.3, -0.25) is 5.32 Å². The maximum atomic E-state index is 13.3. The number of hydrogen-bond acceptors (Lipinski definition) is 4. The number of aliphatic hydroxyl groups excluding tert-OH is 1. The molecule has 0 amide bonds. The average molecular weight is 246 g/mol. The van der Waals surface area contributed by atoms with Crippen LogP contribution < -0.4 is 11.1 Å². The Morgan fingerprint density at radius 3 is 2.65 bits per heavy atom. The van der Waals surface area contributed by atoms with Gasteiger partial charge in [0.25, 0.3) is 0 Å². The van der Waals surface area contributed by atoms with Crippen LogP contribution in [0.2, 0.25) is 0 Å². The molecule has 4 nitrogen and oxygen atoms in total. The number of methoxy groups -OCH3 is 1. The second-order valence-electron chi connectivity index (χ2n) is 3.77. The molecule has 5 heteroatoms. The van der Waals surface area contributed by atoms with E-state index in [0.29, 0.717) is 5.57 Å². The molecule has 0 rings (SSSR count). The van der Waals surface area contributed by atoms with Crippen LogP contribution in [0.4, 0.5) is 4.39 Å². The van der Waals surface area contributed by atoms with Gasteiger partial charge in [0.1, 0.15) is 0 Å². The van der Waals surface area contributed by atoms with Crippen LogP contribution in [0.5, 0.6) is 0 Å². The van der Waals surface area contributed by atoms with E-state index in [-0.39, 0.29) is 12.5 Å². The van der Waals surface area contributed by atoms with E-state index < -0.39 is 12.4 Å². The van der Waals surface area contributed by atoms with Crippen molar-refractivity contribution in [3.05, 3.63) is 23.9 Å². The molecule has 0 saturated carbocycles. The molecule has 0 aromatic carbocycles. The summed E-state index contributed by atoms with van der Waals surface area (Å²) >= 11 is 0. The fourth-order valence-corrected chi connectivity index (χ4v) is 1.46. The molecule has 17 heavy (non-hydrogen) atoms. The van der Waals surface area contributed by atoms with Crippen LogP contribution >= 0.6 is 0 Å². The van der Waals surface area contributed by atoms with Crippen molar-refractivity contribution in [1.29, 1.82) is 0 Å². The molecule has 100 valence electrons. The van der Waals surface area contributed by atoms with E-state index in [9.17, 15) is 9.50 Å². The van der Waals surface area contributed by atoms with Crippen LogP contribution in [0.15, 0.2) is 23.9 Å². The monoisotopic (exact) mass is 246 g/mol. The van der Waals surface area contributed by atoms with E-state index in [1.54, 1.807) is 12.2 Å². The van der Waals surface area contributed by atoms with Gasteiger partial charge >= 0.3 is 0 Å². The molecule has 3 unspecified atom stereocenters. The van der Waals surface area contributed by atoms with Crippen molar-refractivity contribution in [3.8, 4) is 0 Å². The molecular weight excluding hydrogens is 223 g/mol. The van der Waals surface area contributed by atoms with Gasteiger partial charge in [-0.1, -0.05) is 19.1 Å². The first-order chi connectivity index (χ1) is 8.10. The van der Waals surface area contributed by atoms with Crippen LogP contribution in [0.25, 0.3) is 0 Å². The van der Waals surface area contributed by atoms with E-state index in [2.05, 4.69) is 5.32 Å². The second-order valence-corrected chi connectivity index (χ2v) is 3.77. The topological polar surface area (TPSA) is 67.5 Å². The minimum absolute atomic E-state index is 0.0750. The number of hydrogen-bond donors (Lipinski definition) is 3. The number of alkyl halides is 1. The van der Waals surface area contributed by atoms with Crippen LogP contribution in [-0.2, 0) is 4.74 Å².